The molecule has 0 spiro atoms. The van der Waals surface area contributed by atoms with Gasteiger partial charge in [0.25, 0.3) is 0 Å². The van der Waals surface area contributed by atoms with Crippen molar-refractivity contribution in [2.75, 3.05) is 24.5 Å². The zero-order valence-electron chi connectivity index (χ0n) is 16.6. The van der Waals surface area contributed by atoms with Crippen molar-refractivity contribution in [1.82, 2.24) is 10.6 Å². The molecule has 1 aliphatic heterocycles. The van der Waals surface area contributed by atoms with Gasteiger partial charge in [-0.3, -0.25) is 4.79 Å². The second kappa shape index (κ2) is 9.26. The molecule has 0 aromatic heterocycles. The fourth-order valence-electron chi connectivity index (χ4n) is 3.37. The number of hydrogen-bond acceptors (Lipinski definition) is 3. The molecule has 1 aliphatic rings. The van der Waals surface area contributed by atoms with Crippen LogP contribution in [-0.4, -0.2) is 37.5 Å². The number of benzene rings is 2. The Balaban J connectivity index is 1.61. The quantitative estimate of drug-likeness (QED) is 0.532. The Morgan fingerprint density at radius 3 is 2.75 bits per heavy atom. The van der Waals surface area contributed by atoms with Crippen LogP contribution >= 0.6 is 0 Å². The number of carbonyl (C=O) groups excluding carboxylic acids is 1. The second-order valence-corrected chi connectivity index (χ2v) is 7.17. The van der Waals surface area contributed by atoms with E-state index in [-0.39, 0.29) is 0 Å². The third-order valence-electron chi connectivity index (χ3n) is 4.90. The molecule has 1 unspecified atom stereocenters. The number of guanidine groups is 1. The molecule has 2 aromatic carbocycles. The Bertz CT molecular complexity index is 831. The Morgan fingerprint density at radius 1 is 1.25 bits per heavy atom. The number of hydrogen-bond donors (Lipinski definition) is 3. The van der Waals surface area contributed by atoms with Crippen LogP contribution in [0.25, 0.3) is 0 Å². The van der Waals surface area contributed by atoms with E-state index < -0.39 is 5.91 Å². The number of nitrogens with zero attached hydrogens (tertiary/aromatic N) is 2. The van der Waals surface area contributed by atoms with Crippen LogP contribution in [0.2, 0.25) is 0 Å². The van der Waals surface area contributed by atoms with Crippen molar-refractivity contribution in [2.45, 2.75) is 32.9 Å². The average Bonchev–Trinajstić information content (AvgIpc) is 3.15. The van der Waals surface area contributed by atoms with Crippen LogP contribution in [0.4, 0.5) is 5.69 Å². The fraction of sp³-hybridized carbons (Fsp3) is 0.364. The minimum atomic E-state index is -0.419. The molecular formula is C22H29N5O. The van der Waals surface area contributed by atoms with Crippen molar-refractivity contribution in [3.05, 3.63) is 65.2 Å². The normalized spacial score (nSPS) is 16.9. The average molecular weight is 380 g/mol. The first-order valence-corrected chi connectivity index (χ1v) is 9.80. The minimum absolute atomic E-state index is 0.344. The molecule has 6 nitrogen and oxygen atoms in total. The monoisotopic (exact) mass is 379 g/mol. The van der Waals surface area contributed by atoms with Gasteiger partial charge >= 0.3 is 0 Å². The molecule has 4 N–H and O–H groups in total. The van der Waals surface area contributed by atoms with E-state index >= 15 is 0 Å². The first-order valence-electron chi connectivity index (χ1n) is 9.80. The molecule has 0 saturated carbocycles. The maximum atomic E-state index is 11.3. The lowest BCUT2D eigenvalue weighted by Gasteiger charge is -2.20. The number of rotatable bonds is 6. The van der Waals surface area contributed by atoms with Crippen molar-refractivity contribution in [3.8, 4) is 0 Å². The lowest BCUT2D eigenvalue weighted by molar-refractivity contribution is 0.1000. The lowest BCUT2D eigenvalue weighted by atomic mass is 10.1. The van der Waals surface area contributed by atoms with Gasteiger partial charge < -0.3 is 21.3 Å². The van der Waals surface area contributed by atoms with Crippen LogP contribution in [0, 0.1) is 6.92 Å². The number of nitrogens with two attached hydrogens (primary N) is 1. The summed E-state index contributed by atoms with van der Waals surface area (Å²) in [5, 5.41) is 6.85. The van der Waals surface area contributed by atoms with E-state index in [1.54, 1.807) is 12.1 Å². The van der Waals surface area contributed by atoms with Crippen LogP contribution in [0.15, 0.2) is 53.5 Å². The van der Waals surface area contributed by atoms with Gasteiger partial charge in [0.1, 0.15) is 0 Å². The molecule has 28 heavy (non-hydrogen) atoms. The van der Waals surface area contributed by atoms with Gasteiger partial charge in [-0.25, -0.2) is 4.99 Å². The third kappa shape index (κ3) is 5.25. The Morgan fingerprint density at radius 2 is 2.04 bits per heavy atom. The van der Waals surface area contributed by atoms with Gasteiger partial charge in [0.15, 0.2) is 5.96 Å². The molecule has 1 atom stereocenters. The molecule has 3 rings (SSSR count). The molecule has 1 fully saturated rings. The van der Waals surface area contributed by atoms with E-state index in [9.17, 15) is 4.79 Å². The van der Waals surface area contributed by atoms with Gasteiger partial charge in [0.2, 0.25) is 5.91 Å². The van der Waals surface area contributed by atoms with Gasteiger partial charge in [-0.15, -0.1) is 0 Å². The summed E-state index contributed by atoms with van der Waals surface area (Å²) in [6.07, 6.45) is 1.06. The SMILES string of the molecule is CCNC(=NCc1cccc(C(N)=O)c1)NC1CCN(c2ccc(C)cc2)C1. The summed E-state index contributed by atoms with van der Waals surface area (Å²) in [6.45, 7) is 7.42. The van der Waals surface area contributed by atoms with Crippen molar-refractivity contribution >= 4 is 17.6 Å². The summed E-state index contributed by atoms with van der Waals surface area (Å²) < 4.78 is 0. The highest BCUT2D eigenvalue weighted by molar-refractivity contribution is 5.92. The zero-order chi connectivity index (χ0) is 19.9. The zero-order valence-corrected chi connectivity index (χ0v) is 16.6. The van der Waals surface area contributed by atoms with Gasteiger partial charge in [0, 0.05) is 36.9 Å². The predicted octanol–water partition coefficient (Wildman–Crippen LogP) is 2.43. The molecule has 1 saturated heterocycles. The molecular weight excluding hydrogens is 350 g/mol. The molecule has 1 amide bonds. The van der Waals surface area contributed by atoms with Gasteiger partial charge in [-0.05, 0) is 50.1 Å². The molecule has 2 aromatic rings. The molecule has 148 valence electrons. The molecule has 0 bridgehead atoms. The van der Waals surface area contributed by atoms with Crippen LogP contribution < -0.4 is 21.3 Å². The number of aryl methyl sites for hydroxylation is 1. The largest absolute Gasteiger partial charge is 0.369 e. The smallest absolute Gasteiger partial charge is 0.248 e. The second-order valence-electron chi connectivity index (χ2n) is 7.17. The highest BCUT2D eigenvalue weighted by Gasteiger charge is 2.23. The van der Waals surface area contributed by atoms with Gasteiger partial charge in [0.05, 0.1) is 6.54 Å². The summed E-state index contributed by atoms with van der Waals surface area (Å²) in [5.74, 6) is 0.376. The Hall–Kier alpha value is -3.02. The highest BCUT2D eigenvalue weighted by atomic mass is 16.1. The third-order valence-corrected chi connectivity index (χ3v) is 4.90. The number of primary amides is 1. The summed E-state index contributed by atoms with van der Waals surface area (Å²) in [4.78, 5) is 18.4. The molecule has 6 heteroatoms. The number of anilines is 1. The van der Waals surface area contributed by atoms with Gasteiger partial charge in [-0.2, -0.15) is 0 Å². The molecule has 1 heterocycles. The lowest BCUT2D eigenvalue weighted by Crippen LogP contribution is -2.44. The van der Waals surface area contributed by atoms with E-state index in [2.05, 4.69) is 58.6 Å². The number of carbonyl (C=O) groups is 1. The maximum Gasteiger partial charge on any atom is 0.248 e. The highest BCUT2D eigenvalue weighted by Crippen LogP contribution is 2.20. The standard InChI is InChI=1S/C22H29N5O/c1-3-24-22(25-14-17-5-4-6-18(13-17)21(23)28)26-19-11-12-27(15-19)20-9-7-16(2)8-10-20/h4-10,13,19H,3,11-12,14-15H2,1-2H3,(H2,23,28)(H2,24,25,26). The van der Waals surface area contributed by atoms with Crippen molar-refractivity contribution in [2.24, 2.45) is 10.7 Å². The van der Waals surface area contributed by atoms with E-state index in [4.69, 9.17) is 5.73 Å². The summed E-state index contributed by atoms with van der Waals surface area (Å²) in [7, 11) is 0. The maximum absolute atomic E-state index is 11.3. The van der Waals surface area contributed by atoms with Crippen LogP contribution in [0.3, 0.4) is 0 Å². The predicted molar refractivity (Wildman–Crippen MR) is 115 cm³/mol. The van der Waals surface area contributed by atoms with Crippen molar-refractivity contribution in [1.29, 1.82) is 0 Å². The first-order chi connectivity index (χ1) is 13.5. The number of aliphatic imine (C=N–C) groups is 1. The Labute approximate surface area is 166 Å². The van der Waals surface area contributed by atoms with E-state index in [0.29, 0.717) is 18.2 Å². The van der Waals surface area contributed by atoms with Crippen LogP contribution in [-0.2, 0) is 6.54 Å². The Kier molecular flexibility index (Phi) is 6.53. The molecule has 0 aliphatic carbocycles. The molecule has 0 radical (unpaired) electrons. The first kappa shape index (κ1) is 19.7. The minimum Gasteiger partial charge on any atom is -0.369 e. The summed E-state index contributed by atoms with van der Waals surface area (Å²) in [6, 6.07) is 16.3. The van der Waals surface area contributed by atoms with Gasteiger partial charge in [-0.1, -0.05) is 29.8 Å². The summed E-state index contributed by atoms with van der Waals surface area (Å²) >= 11 is 0. The van der Waals surface area contributed by atoms with E-state index in [1.165, 1.54) is 11.3 Å². The van der Waals surface area contributed by atoms with Crippen molar-refractivity contribution < 1.29 is 4.79 Å². The van der Waals surface area contributed by atoms with Crippen LogP contribution in [0.1, 0.15) is 34.8 Å². The summed E-state index contributed by atoms with van der Waals surface area (Å²) in [5.41, 5.74) is 9.37. The fourth-order valence-corrected chi connectivity index (χ4v) is 3.37. The van der Waals surface area contributed by atoms with Crippen molar-refractivity contribution in [3.63, 3.8) is 0 Å². The van der Waals surface area contributed by atoms with E-state index in [0.717, 1.165) is 37.6 Å². The number of nitrogens with one attached hydrogen (secondary N) is 2. The number of amides is 1. The van der Waals surface area contributed by atoms with Crippen LogP contribution in [0.5, 0.6) is 0 Å². The topological polar surface area (TPSA) is 82.7 Å². The van der Waals surface area contributed by atoms with E-state index in [1.807, 2.05) is 12.1 Å².